The summed E-state index contributed by atoms with van der Waals surface area (Å²) in [5.41, 5.74) is 4.63. The van der Waals surface area contributed by atoms with Gasteiger partial charge in [0.15, 0.2) is 0 Å². The van der Waals surface area contributed by atoms with Crippen LogP contribution in [-0.2, 0) is 5.41 Å². The second-order valence-corrected chi connectivity index (χ2v) is 6.07. The van der Waals surface area contributed by atoms with Crippen LogP contribution in [0.2, 0.25) is 0 Å². The molecule has 1 aromatic carbocycles. The molecule has 0 fully saturated rings. The van der Waals surface area contributed by atoms with E-state index in [1.807, 2.05) is 25.1 Å². The minimum atomic E-state index is 0.0694. The number of hydrazine groups is 1. The molecule has 0 amide bonds. The van der Waals surface area contributed by atoms with Gasteiger partial charge in [-0.15, -0.1) is 0 Å². The molecule has 0 radical (unpaired) electrons. The summed E-state index contributed by atoms with van der Waals surface area (Å²) in [6.45, 7) is 10.2. The van der Waals surface area contributed by atoms with Gasteiger partial charge in [0.2, 0.25) is 5.88 Å². The highest BCUT2D eigenvalue weighted by Gasteiger charge is 2.15. The number of hydrogen-bond donors (Lipinski definition) is 2. The average molecular weight is 286 g/mol. The van der Waals surface area contributed by atoms with Crippen molar-refractivity contribution in [2.24, 2.45) is 5.84 Å². The van der Waals surface area contributed by atoms with Gasteiger partial charge in [-0.3, -0.25) is 0 Å². The van der Waals surface area contributed by atoms with Crippen LogP contribution < -0.4 is 16.0 Å². The largest absolute Gasteiger partial charge is 0.439 e. The molecule has 1 heterocycles. The van der Waals surface area contributed by atoms with Crippen molar-refractivity contribution >= 4 is 5.82 Å². The Hall–Kier alpha value is -2.14. The van der Waals surface area contributed by atoms with Crippen LogP contribution in [0.3, 0.4) is 0 Å². The highest BCUT2D eigenvalue weighted by molar-refractivity contribution is 5.49. The van der Waals surface area contributed by atoms with Gasteiger partial charge >= 0.3 is 0 Å². The number of benzene rings is 1. The molecule has 21 heavy (non-hydrogen) atoms. The summed E-state index contributed by atoms with van der Waals surface area (Å²) >= 11 is 0. The van der Waals surface area contributed by atoms with Gasteiger partial charge in [-0.1, -0.05) is 32.9 Å². The first kappa shape index (κ1) is 15.3. The SMILES string of the molecule is Cc1nc(NN)c(C)c(Oc2cccc(C(C)(C)C)c2)n1. The monoisotopic (exact) mass is 286 g/mol. The van der Waals surface area contributed by atoms with Gasteiger partial charge < -0.3 is 10.2 Å². The van der Waals surface area contributed by atoms with Crippen LogP contribution >= 0.6 is 0 Å². The van der Waals surface area contributed by atoms with Gasteiger partial charge in [0.25, 0.3) is 0 Å². The van der Waals surface area contributed by atoms with Gasteiger partial charge in [-0.25, -0.2) is 10.8 Å². The maximum absolute atomic E-state index is 5.92. The first-order valence-corrected chi connectivity index (χ1v) is 6.91. The van der Waals surface area contributed by atoms with E-state index in [4.69, 9.17) is 10.6 Å². The Balaban J connectivity index is 2.37. The van der Waals surface area contributed by atoms with Gasteiger partial charge in [0.1, 0.15) is 17.4 Å². The van der Waals surface area contributed by atoms with Crippen LogP contribution in [0, 0.1) is 13.8 Å². The summed E-state index contributed by atoms with van der Waals surface area (Å²) in [4.78, 5) is 8.56. The molecule has 0 saturated heterocycles. The lowest BCUT2D eigenvalue weighted by atomic mass is 9.87. The number of nitrogen functional groups attached to an aromatic ring is 1. The summed E-state index contributed by atoms with van der Waals surface area (Å²) in [7, 11) is 0. The van der Waals surface area contributed by atoms with Crippen LogP contribution in [0.5, 0.6) is 11.6 Å². The van der Waals surface area contributed by atoms with E-state index in [0.717, 1.165) is 11.3 Å². The van der Waals surface area contributed by atoms with Crippen molar-refractivity contribution in [1.82, 2.24) is 9.97 Å². The molecule has 0 atom stereocenters. The van der Waals surface area contributed by atoms with Gasteiger partial charge in [-0.05, 0) is 37.0 Å². The smallest absolute Gasteiger partial charge is 0.227 e. The number of nitrogens with two attached hydrogens (primary N) is 1. The zero-order valence-corrected chi connectivity index (χ0v) is 13.2. The van der Waals surface area contributed by atoms with Crippen LogP contribution in [0.15, 0.2) is 24.3 Å². The van der Waals surface area contributed by atoms with Crippen molar-refractivity contribution in [1.29, 1.82) is 0 Å². The normalized spacial score (nSPS) is 11.3. The third kappa shape index (κ3) is 3.49. The predicted molar refractivity (Wildman–Crippen MR) is 84.5 cm³/mol. The van der Waals surface area contributed by atoms with Gasteiger partial charge in [-0.2, -0.15) is 4.98 Å². The second kappa shape index (κ2) is 5.69. The fraction of sp³-hybridized carbons (Fsp3) is 0.375. The molecule has 0 aliphatic heterocycles. The van der Waals surface area contributed by atoms with E-state index < -0.39 is 0 Å². The molecule has 2 aromatic rings. The van der Waals surface area contributed by atoms with E-state index in [9.17, 15) is 0 Å². The number of hydrogen-bond acceptors (Lipinski definition) is 5. The molecule has 3 N–H and O–H groups in total. The maximum atomic E-state index is 5.92. The zero-order valence-electron chi connectivity index (χ0n) is 13.2. The molecular weight excluding hydrogens is 264 g/mol. The summed E-state index contributed by atoms with van der Waals surface area (Å²) in [6, 6.07) is 8.04. The van der Waals surface area contributed by atoms with E-state index in [2.05, 4.69) is 42.2 Å². The van der Waals surface area contributed by atoms with Gasteiger partial charge in [0.05, 0.1) is 5.56 Å². The molecule has 5 heteroatoms. The highest BCUT2D eigenvalue weighted by Crippen LogP contribution is 2.30. The first-order valence-electron chi connectivity index (χ1n) is 6.91. The maximum Gasteiger partial charge on any atom is 0.227 e. The van der Waals surface area contributed by atoms with Crippen molar-refractivity contribution in [3.8, 4) is 11.6 Å². The lowest BCUT2D eigenvalue weighted by Gasteiger charge is -2.20. The average Bonchev–Trinajstić information content (AvgIpc) is 2.42. The topological polar surface area (TPSA) is 73.1 Å². The van der Waals surface area contributed by atoms with Crippen LogP contribution in [0.1, 0.15) is 37.7 Å². The third-order valence-electron chi connectivity index (χ3n) is 3.26. The Kier molecular flexibility index (Phi) is 4.14. The zero-order chi connectivity index (χ0) is 15.6. The van der Waals surface area contributed by atoms with E-state index in [1.54, 1.807) is 6.92 Å². The lowest BCUT2D eigenvalue weighted by molar-refractivity contribution is 0.453. The summed E-state index contributed by atoms with van der Waals surface area (Å²) in [5.74, 6) is 7.92. The Morgan fingerprint density at radius 2 is 1.86 bits per heavy atom. The molecule has 5 nitrogen and oxygen atoms in total. The second-order valence-electron chi connectivity index (χ2n) is 6.07. The third-order valence-corrected chi connectivity index (χ3v) is 3.26. The number of aromatic nitrogens is 2. The fourth-order valence-electron chi connectivity index (χ4n) is 1.98. The molecule has 0 spiro atoms. The number of nitrogens with zero attached hydrogens (tertiary/aromatic N) is 2. The standard InChI is InChI=1S/C16H22N4O/c1-10-14(20-17)18-11(2)19-15(10)21-13-8-6-7-12(9-13)16(3,4)5/h6-9H,17H2,1-5H3,(H,18,19,20). The van der Waals surface area contributed by atoms with Crippen molar-refractivity contribution in [2.75, 3.05) is 5.43 Å². The summed E-state index contributed by atoms with van der Waals surface area (Å²) in [5, 5.41) is 0. The van der Waals surface area contributed by atoms with Crippen LogP contribution in [-0.4, -0.2) is 9.97 Å². The van der Waals surface area contributed by atoms with E-state index in [-0.39, 0.29) is 5.41 Å². The van der Waals surface area contributed by atoms with Crippen molar-refractivity contribution in [3.63, 3.8) is 0 Å². The summed E-state index contributed by atoms with van der Waals surface area (Å²) in [6.07, 6.45) is 0. The number of ether oxygens (including phenoxy) is 1. The Labute approximate surface area is 125 Å². The number of aryl methyl sites for hydroxylation is 1. The molecule has 1 aromatic heterocycles. The lowest BCUT2D eigenvalue weighted by Crippen LogP contribution is -2.12. The molecule has 0 aliphatic rings. The molecular formula is C16H22N4O. The molecule has 2 rings (SSSR count). The van der Waals surface area contributed by atoms with E-state index >= 15 is 0 Å². The quantitative estimate of drug-likeness (QED) is 0.667. The Bertz CT molecular complexity index is 647. The van der Waals surface area contributed by atoms with Gasteiger partial charge in [0, 0.05) is 0 Å². The fourth-order valence-corrected chi connectivity index (χ4v) is 1.98. The minimum Gasteiger partial charge on any atom is -0.439 e. The number of anilines is 1. The van der Waals surface area contributed by atoms with Crippen LogP contribution in [0.25, 0.3) is 0 Å². The molecule has 0 saturated carbocycles. The Morgan fingerprint density at radius 3 is 2.48 bits per heavy atom. The van der Waals surface area contributed by atoms with E-state index in [1.165, 1.54) is 5.56 Å². The molecule has 112 valence electrons. The molecule has 0 aliphatic carbocycles. The predicted octanol–water partition coefficient (Wildman–Crippen LogP) is 3.47. The number of rotatable bonds is 3. The minimum absolute atomic E-state index is 0.0694. The van der Waals surface area contributed by atoms with Crippen molar-refractivity contribution < 1.29 is 4.74 Å². The number of nitrogens with one attached hydrogen (secondary N) is 1. The Morgan fingerprint density at radius 1 is 1.14 bits per heavy atom. The van der Waals surface area contributed by atoms with Crippen molar-refractivity contribution in [3.05, 3.63) is 41.2 Å². The van der Waals surface area contributed by atoms with Crippen molar-refractivity contribution in [2.45, 2.75) is 40.0 Å². The first-order chi connectivity index (χ1) is 9.81. The summed E-state index contributed by atoms with van der Waals surface area (Å²) < 4.78 is 5.92. The molecule has 0 unspecified atom stereocenters. The van der Waals surface area contributed by atoms with Crippen LogP contribution in [0.4, 0.5) is 5.82 Å². The highest BCUT2D eigenvalue weighted by atomic mass is 16.5. The molecule has 0 bridgehead atoms. The van der Waals surface area contributed by atoms with E-state index in [0.29, 0.717) is 17.5 Å².